The summed E-state index contributed by atoms with van der Waals surface area (Å²) in [6.07, 6.45) is 0. The molecule has 4 nitrogen and oxygen atoms in total. The second-order valence-electron chi connectivity index (χ2n) is 3.03. The van der Waals surface area contributed by atoms with Gasteiger partial charge in [-0.15, -0.1) is 0 Å². The van der Waals surface area contributed by atoms with Crippen molar-refractivity contribution in [3.8, 4) is 11.5 Å². The fourth-order valence-corrected chi connectivity index (χ4v) is 1.26. The zero-order chi connectivity index (χ0) is 11.1. The lowest BCUT2D eigenvalue weighted by atomic mass is 10.2. The second-order valence-corrected chi connectivity index (χ2v) is 3.03. The second kappa shape index (κ2) is 6.27. The molecule has 0 radical (unpaired) electrons. The van der Waals surface area contributed by atoms with E-state index < -0.39 is 0 Å². The SMILES string of the molecule is CCO.CNCc1ccc2c(c1)OCO2. The molecular weight excluding hydrogens is 194 g/mol. The molecule has 1 aliphatic rings. The van der Waals surface area contributed by atoms with Gasteiger partial charge in [-0.1, -0.05) is 6.07 Å². The molecule has 0 aliphatic carbocycles. The van der Waals surface area contributed by atoms with Crippen LogP contribution in [0.25, 0.3) is 0 Å². The van der Waals surface area contributed by atoms with E-state index in [4.69, 9.17) is 14.6 Å². The predicted molar refractivity (Wildman–Crippen MR) is 58.1 cm³/mol. The number of rotatable bonds is 2. The fraction of sp³-hybridized carbons (Fsp3) is 0.455. The quantitative estimate of drug-likeness (QED) is 0.770. The number of aliphatic hydroxyl groups is 1. The smallest absolute Gasteiger partial charge is 0.231 e. The summed E-state index contributed by atoms with van der Waals surface area (Å²) < 4.78 is 10.4. The van der Waals surface area contributed by atoms with Gasteiger partial charge < -0.3 is 19.9 Å². The van der Waals surface area contributed by atoms with E-state index in [0.717, 1.165) is 18.0 Å². The third kappa shape index (κ3) is 3.42. The molecule has 1 heterocycles. The Morgan fingerprint density at radius 3 is 2.67 bits per heavy atom. The molecule has 4 heteroatoms. The minimum Gasteiger partial charge on any atom is -0.454 e. The van der Waals surface area contributed by atoms with Gasteiger partial charge in [0, 0.05) is 13.2 Å². The van der Waals surface area contributed by atoms with Gasteiger partial charge in [0.05, 0.1) is 0 Å². The highest BCUT2D eigenvalue weighted by molar-refractivity contribution is 5.44. The Balaban J connectivity index is 0.000000337. The first-order valence-corrected chi connectivity index (χ1v) is 4.95. The van der Waals surface area contributed by atoms with Gasteiger partial charge >= 0.3 is 0 Å². The average Bonchev–Trinajstić information content (AvgIpc) is 2.66. The molecule has 0 fully saturated rings. The van der Waals surface area contributed by atoms with E-state index in [9.17, 15) is 0 Å². The maximum atomic E-state index is 7.57. The monoisotopic (exact) mass is 211 g/mol. The van der Waals surface area contributed by atoms with Crippen molar-refractivity contribution < 1.29 is 14.6 Å². The van der Waals surface area contributed by atoms with Crippen molar-refractivity contribution in [3.63, 3.8) is 0 Å². The van der Waals surface area contributed by atoms with Crippen LogP contribution in [-0.2, 0) is 6.54 Å². The van der Waals surface area contributed by atoms with Gasteiger partial charge in [-0.25, -0.2) is 0 Å². The zero-order valence-electron chi connectivity index (χ0n) is 9.12. The van der Waals surface area contributed by atoms with Crippen LogP contribution in [0.5, 0.6) is 11.5 Å². The molecule has 0 saturated carbocycles. The normalized spacial score (nSPS) is 11.9. The van der Waals surface area contributed by atoms with Crippen LogP contribution in [0, 0.1) is 0 Å². The number of ether oxygens (including phenoxy) is 2. The first-order chi connectivity index (χ1) is 7.31. The topological polar surface area (TPSA) is 50.7 Å². The van der Waals surface area contributed by atoms with Crippen LogP contribution in [-0.4, -0.2) is 25.6 Å². The molecule has 84 valence electrons. The Kier molecular flexibility index (Phi) is 4.93. The lowest BCUT2D eigenvalue weighted by Gasteiger charge is -2.00. The Morgan fingerprint density at radius 2 is 2.00 bits per heavy atom. The van der Waals surface area contributed by atoms with Crippen molar-refractivity contribution in [2.45, 2.75) is 13.5 Å². The third-order valence-corrected chi connectivity index (χ3v) is 1.82. The van der Waals surface area contributed by atoms with Gasteiger partial charge in [0.25, 0.3) is 0 Å². The summed E-state index contributed by atoms with van der Waals surface area (Å²) in [5.41, 5.74) is 1.21. The average molecular weight is 211 g/mol. The van der Waals surface area contributed by atoms with Crippen molar-refractivity contribution in [2.24, 2.45) is 0 Å². The van der Waals surface area contributed by atoms with Crippen molar-refractivity contribution in [1.29, 1.82) is 0 Å². The molecule has 0 amide bonds. The highest BCUT2D eigenvalue weighted by atomic mass is 16.7. The summed E-state index contributed by atoms with van der Waals surface area (Å²) >= 11 is 0. The Morgan fingerprint density at radius 1 is 1.33 bits per heavy atom. The molecule has 15 heavy (non-hydrogen) atoms. The first kappa shape index (κ1) is 11.8. The number of fused-ring (bicyclic) bond motifs is 1. The number of aliphatic hydroxyl groups excluding tert-OH is 1. The minimum atomic E-state index is 0.250. The number of hydrogen-bond acceptors (Lipinski definition) is 4. The van der Waals surface area contributed by atoms with E-state index in [-0.39, 0.29) is 6.61 Å². The number of benzene rings is 1. The van der Waals surface area contributed by atoms with E-state index in [0.29, 0.717) is 6.79 Å². The van der Waals surface area contributed by atoms with Crippen molar-refractivity contribution >= 4 is 0 Å². The molecule has 0 saturated heterocycles. The summed E-state index contributed by atoms with van der Waals surface area (Å²) in [4.78, 5) is 0. The van der Waals surface area contributed by atoms with Gasteiger partial charge in [0.15, 0.2) is 11.5 Å². The van der Waals surface area contributed by atoms with E-state index in [1.807, 2.05) is 25.2 Å². The lowest BCUT2D eigenvalue weighted by Crippen LogP contribution is -2.04. The van der Waals surface area contributed by atoms with Gasteiger partial charge in [-0.3, -0.25) is 0 Å². The van der Waals surface area contributed by atoms with Crippen LogP contribution in [0.15, 0.2) is 18.2 Å². The maximum Gasteiger partial charge on any atom is 0.231 e. The summed E-state index contributed by atoms with van der Waals surface area (Å²) in [6.45, 7) is 3.13. The maximum absolute atomic E-state index is 7.57. The minimum absolute atomic E-state index is 0.250. The van der Waals surface area contributed by atoms with Gasteiger partial charge in [0.2, 0.25) is 6.79 Å². The van der Waals surface area contributed by atoms with Crippen LogP contribution >= 0.6 is 0 Å². The summed E-state index contributed by atoms with van der Waals surface area (Å²) in [5.74, 6) is 1.69. The predicted octanol–water partition coefficient (Wildman–Crippen LogP) is 1.13. The Hall–Kier alpha value is -1.26. The highest BCUT2D eigenvalue weighted by Crippen LogP contribution is 2.32. The van der Waals surface area contributed by atoms with Gasteiger partial charge in [-0.05, 0) is 31.7 Å². The molecule has 0 aromatic heterocycles. The lowest BCUT2D eigenvalue weighted by molar-refractivity contribution is 0.174. The van der Waals surface area contributed by atoms with Crippen molar-refractivity contribution in [1.82, 2.24) is 5.32 Å². The Bertz CT molecular complexity index is 302. The van der Waals surface area contributed by atoms with E-state index in [1.165, 1.54) is 5.56 Å². The molecule has 0 unspecified atom stereocenters. The van der Waals surface area contributed by atoms with Crippen LogP contribution in [0.4, 0.5) is 0 Å². The molecule has 2 N–H and O–H groups in total. The number of hydrogen-bond donors (Lipinski definition) is 2. The van der Waals surface area contributed by atoms with Crippen molar-refractivity contribution in [2.75, 3.05) is 20.4 Å². The molecule has 2 rings (SSSR count). The third-order valence-electron chi connectivity index (χ3n) is 1.82. The summed E-state index contributed by atoms with van der Waals surface area (Å²) in [7, 11) is 1.92. The molecule has 0 bridgehead atoms. The zero-order valence-corrected chi connectivity index (χ0v) is 9.12. The van der Waals surface area contributed by atoms with Crippen LogP contribution in [0.2, 0.25) is 0 Å². The van der Waals surface area contributed by atoms with Crippen LogP contribution < -0.4 is 14.8 Å². The first-order valence-electron chi connectivity index (χ1n) is 4.95. The summed E-state index contributed by atoms with van der Waals surface area (Å²) in [6, 6.07) is 5.97. The van der Waals surface area contributed by atoms with E-state index in [1.54, 1.807) is 6.92 Å². The molecule has 1 aromatic carbocycles. The van der Waals surface area contributed by atoms with Gasteiger partial charge in [-0.2, -0.15) is 0 Å². The fourth-order valence-electron chi connectivity index (χ4n) is 1.26. The summed E-state index contributed by atoms with van der Waals surface area (Å²) in [5, 5.41) is 10.6. The van der Waals surface area contributed by atoms with Crippen LogP contribution in [0.3, 0.4) is 0 Å². The van der Waals surface area contributed by atoms with Gasteiger partial charge in [0.1, 0.15) is 0 Å². The number of nitrogens with one attached hydrogen (secondary N) is 1. The molecule has 1 aromatic rings. The molecular formula is C11H17NO3. The molecule has 1 aliphatic heterocycles. The van der Waals surface area contributed by atoms with Crippen LogP contribution in [0.1, 0.15) is 12.5 Å². The molecule has 0 spiro atoms. The largest absolute Gasteiger partial charge is 0.454 e. The molecule has 0 atom stereocenters. The van der Waals surface area contributed by atoms with E-state index in [2.05, 4.69) is 5.32 Å². The van der Waals surface area contributed by atoms with Crippen molar-refractivity contribution in [3.05, 3.63) is 23.8 Å². The van der Waals surface area contributed by atoms with E-state index >= 15 is 0 Å². The standard InChI is InChI=1S/C9H11NO2.C2H6O/c1-10-5-7-2-3-8-9(4-7)12-6-11-8;1-2-3/h2-4,10H,5-6H2,1H3;3H,2H2,1H3. The Labute approximate surface area is 89.8 Å². The highest BCUT2D eigenvalue weighted by Gasteiger charge is 2.12.